The molecule has 1 saturated heterocycles. The Morgan fingerprint density at radius 3 is 3.06 bits per heavy atom. The van der Waals surface area contributed by atoms with Crippen LogP contribution in [0.3, 0.4) is 0 Å². The van der Waals surface area contributed by atoms with Gasteiger partial charge in [-0.05, 0) is 6.92 Å². The molecule has 2 N–H and O–H groups in total. The van der Waals surface area contributed by atoms with Crippen LogP contribution in [0.15, 0.2) is 11.7 Å². The smallest absolute Gasteiger partial charge is 0.313 e. The largest absolute Gasteiger partial charge is 0.481 e. The van der Waals surface area contributed by atoms with E-state index in [9.17, 15) is 9.59 Å². The van der Waals surface area contributed by atoms with Gasteiger partial charge < -0.3 is 15.2 Å². The van der Waals surface area contributed by atoms with Gasteiger partial charge in [0.25, 0.3) is 5.91 Å². The lowest BCUT2D eigenvalue weighted by atomic mass is 9.85. The standard InChI is InChI=1S/C10H12N2O4S/c1-10(9(14)15)4-16-3-7(10)12-8(13)6-2-11-5-17-6/h2,5,7H,3-4H2,1H3,(H,12,13)(H,14,15). The average molecular weight is 256 g/mol. The lowest BCUT2D eigenvalue weighted by molar-refractivity contribution is -0.148. The van der Waals surface area contributed by atoms with E-state index in [1.165, 1.54) is 17.5 Å². The van der Waals surface area contributed by atoms with E-state index in [0.29, 0.717) is 4.88 Å². The van der Waals surface area contributed by atoms with Crippen molar-refractivity contribution >= 4 is 23.2 Å². The maximum atomic E-state index is 11.8. The first-order chi connectivity index (χ1) is 8.04. The maximum Gasteiger partial charge on any atom is 0.313 e. The number of ether oxygens (including phenoxy) is 1. The second-order valence-electron chi connectivity index (χ2n) is 4.13. The number of aliphatic carboxylic acids is 1. The first-order valence-electron chi connectivity index (χ1n) is 5.04. The van der Waals surface area contributed by atoms with Crippen LogP contribution in [0.5, 0.6) is 0 Å². The fourth-order valence-electron chi connectivity index (χ4n) is 1.64. The van der Waals surface area contributed by atoms with Gasteiger partial charge in [-0.3, -0.25) is 14.6 Å². The molecule has 2 atom stereocenters. The Kier molecular flexibility index (Phi) is 3.12. The summed E-state index contributed by atoms with van der Waals surface area (Å²) in [5, 5.41) is 11.8. The molecular weight excluding hydrogens is 244 g/mol. The number of rotatable bonds is 3. The summed E-state index contributed by atoms with van der Waals surface area (Å²) >= 11 is 1.21. The Morgan fingerprint density at radius 1 is 1.71 bits per heavy atom. The minimum atomic E-state index is -1.07. The number of carboxylic acid groups (broad SMARTS) is 1. The summed E-state index contributed by atoms with van der Waals surface area (Å²) in [5.41, 5.74) is 0.483. The van der Waals surface area contributed by atoms with Gasteiger partial charge in [0, 0.05) is 0 Å². The summed E-state index contributed by atoms with van der Waals surface area (Å²) < 4.78 is 5.14. The highest BCUT2D eigenvalue weighted by Crippen LogP contribution is 2.29. The molecule has 7 heteroatoms. The van der Waals surface area contributed by atoms with E-state index in [0.717, 1.165) is 0 Å². The summed E-state index contributed by atoms with van der Waals surface area (Å²) in [6, 6.07) is -0.519. The zero-order valence-electron chi connectivity index (χ0n) is 9.17. The molecule has 2 rings (SSSR count). The molecule has 0 spiro atoms. The highest BCUT2D eigenvalue weighted by atomic mass is 32.1. The topological polar surface area (TPSA) is 88.5 Å². The average Bonchev–Trinajstić information content (AvgIpc) is 2.89. The Bertz CT molecular complexity index is 434. The molecule has 92 valence electrons. The normalized spacial score (nSPS) is 27.9. The number of aromatic nitrogens is 1. The monoisotopic (exact) mass is 256 g/mol. The highest BCUT2D eigenvalue weighted by Gasteiger charge is 2.47. The first kappa shape index (κ1) is 12.0. The van der Waals surface area contributed by atoms with Crippen molar-refractivity contribution in [2.24, 2.45) is 5.41 Å². The molecule has 0 aromatic carbocycles. The second kappa shape index (κ2) is 4.42. The lowest BCUT2D eigenvalue weighted by Crippen LogP contribution is -2.49. The Hall–Kier alpha value is -1.47. The number of amides is 1. The van der Waals surface area contributed by atoms with Crippen LogP contribution >= 0.6 is 11.3 Å². The molecule has 1 aliphatic heterocycles. The third kappa shape index (κ3) is 2.16. The molecule has 0 radical (unpaired) electrons. The molecule has 1 aromatic heterocycles. The summed E-state index contributed by atoms with van der Waals surface area (Å²) in [5.74, 6) is -1.28. The van der Waals surface area contributed by atoms with Crippen LogP contribution in [-0.2, 0) is 9.53 Å². The number of hydrogen-bond acceptors (Lipinski definition) is 5. The molecule has 2 unspecified atom stereocenters. The fourth-order valence-corrected chi connectivity index (χ4v) is 2.17. The van der Waals surface area contributed by atoms with Crippen molar-refractivity contribution in [3.05, 3.63) is 16.6 Å². The number of carboxylic acids is 1. The molecule has 1 fully saturated rings. The summed E-state index contributed by atoms with van der Waals surface area (Å²) in [6.07, 6.45) is 1.45. The minimum absolute atomic E-state index is 0.107. The summed E-state index contributed by atoms with van der Waals surface area (Å²) in [7, 11) is 0. The Labute approximate surface area is 102 Å². The van der Waals surface area contributed by atoms with Gasteiger partial charge in [-0.15, -0.1) is 11.3 Å². The second-order valence-corrected chi connectivity index (χ2v) is 5.02. The van der Waals surface area contributed by atoms with E-state index in [2.05, 4.69) is 10.3 Å². The van der Waals surface area contributed by atoms with Crippen LogP contribution in [0.1, 0.15) is 16.6 Å². The van der Waals surface area contributed by atoms with Gasteiger partial charge in [-0.25, -0.2) is 0 Å². The minimum Gasteiger partial charge on any atom is -0.481 e. The number of nitrogens with zero attached hydrogens (tertiary/aromatic N) is 1. The lowest BCUT2D eigenvalue weighted by Gasteiger charge is -2.25. The fraction of sp³-hybridized carbons (Fsp3) is 0.500. The molecule has 1 amide bonds. The van der Waals surface area contributed by atoms with E-state index >= 15 is 0 Å². The van der Waals surface area contributed by atoms with Crippen LogP contribution in [0.4, 0.5) is 0 Å². The molecule has 2 heterocycles. The van der Waals surface area contributed by atoms with Crippen molar-refractivity contribution in [3.8, 4) is 0 Å². The van der Waals surface area contributed by atoms with Gasteiger partial charge in [-0.1, -0.05) is 0 Å². The van der Waals surface area contributed by atoms with Crippen LogP contribution in [0, 0.1) is 5.41 Å². The van der Waals surface area contributed by atoms with Crippen molar-refractivity contribution in [3.63, 3.8) is 0 Å². The predicted octanol–water partition coefficient (Wildman–Crippen LogP) is 0.363. The van der Waals surface area contributed by atoms with E-state index in [4.69, 9.17) is 9.84 Å². The molecule has 1 aliphatic rings. The molecule has 17 heavy (non-hydrogen) atoms. The van der Waals surface area contributed by atoms with E-state index in [1.807, 2.05) is 0 Å². The molecule has 0 aliphatic carbocycles. The van der Waals surface area contributed by atoms with Gasteiger partial charge in [0.2, 0.25) is 0 Å². The van der Waals surface area contributed by atoms with Crippen molar-refractivity contribution in [1.29, 1.82) is 0 Å². The summed E-state index contributed by atoms with van der Waals surface area (Å²) in [4.78, 5) is 27.2. The van der Waals surface area contributed by atoms with Crippen molar-refractivity contribution < 1.29 is 19.4 Å². The third-order valence-corrected chi connectivity index (χ3v) is 3.68. The third-order valence-electron chi connectivity index (χ3n) is 2.91. The van der Waals surface area contributed by atoms with E-state index < -0.39 is 17.4 Å². The van der Waals surface area contributed by atoms with Gasteiger partial charge in [0.05, 0.1) is 31.0 Å². The Balaban J connectivity index is 2.09. The number of thiazole rings is 1. The highest BCUT2D eigenvalue weighted by molar-refractivity contribution is 7.11. The Morgan fingerprint density at radius 2 is 2.47 bits per heavy atom. The number of nitrogens with one attached hydrogen (secondary N) is 1. The zero-order chi connectivity index (χ0) is 12.5. The van der Waals surface area contributed by atoms with Crippen molar-refractivity contribution in [2.75, 3.05) is 13.2 Å². The predicted molar refractivity (Wildman–Crippen MR) is 59.9 cm³/mol. The van der Waals surface area contributed by atoms with Crippen molar-refractivity contribution in [2.45, 2.75) is 13.0 Å². The van der Waals surface area contributed by atoms with Gasteiger partial charge >= 0.3 is 5.97 Å². The van der Waals surface area contributed by atoms with Crippen LogP contribution in [0.2, 0.25) is 0 Å². The van der Waals surface area contributed by atoms with E-state index in [-0.39, 0.29) is 19.1 Å². The van der Waals surface area contributed by atoms with Crippen LogP contribution in [-0.4, -0.2) is 41.2 Å². The first-order valence-corrected chi connectivity index (χ1v) is 5.92. The molecule has 0 saturated carbocycles. The van der Waals surface area contributed by atoms with Crippen LogP contribution in [0.25, 0.3) is 0 Å². The molecule has 0 bridgehead atoms. The molecular formula is C10H12N2O4S. The quantitative estimate of drug-likeness (QED) is 0.815. The summed E-state index contributed by atoms with van der Waals surface area (Å²) in [6.45, 7) is 1.89. The zero-order valence-corrected chi connectivity index (χ0v) is 9.99. The van der Waals surface area contributed by atoms with Crippen molar-refractivity contribution in [1.82, 2.24) is 10.3 Å². The van der Waals surface area contributed by atoms with Gasteiger partial charge in [-0.2, -0.15) is 0 Å². The number of carbonyl (C=O) groups is 2. The molecule has 6 nitrogen and oxygen atoms in total. The SMILES string of the molecule is CC1(C(=O)O)COCC1NC(=O)c1cncs1. The maximum absolute atomic E-state index is 11.8. The van der Waals surface area contributed by atoms with E-state index in [1.54, 1.807) is 12.4 Å². The number of carbonyl (C=O) groups excluding carboxylic acids is 1. The van der Waals surface area contributed by atoms with Gasteiger partial charge in [0.1, 0.15) is 10.3 Å². The number of hydrogen-bond donors (Lipinski definition) is 2. The molecule has 1 aromatic rings. The van der Waals surface area contributed by atoms with Crippen LogP contribution < -0.4 is 5.32 Å². The van der Waals surface area contributed by atoms with Gasteiger partial charge in [0.15, 0.2) is 0 Å².